The van der Waals surface area contributed by atoms with Gasteiger partial charge in [-0.1, -0.05) is 37.3 Å². The molecule has 2 nitrogen and oxygen atoms in total. The molecule has 0 radical (unpaired) electrons. The van der Waals surface area contributed by atoms with Crippen molar-refractivity contribution in [2.75, 3.05) is 0 Å². The standard InChI is InChI=1S/C13H16N2/c1-11(13-6-4-3-5-7-13)12(2)15-9-8-14-10-15/h3-12H,1-2H3. The summed E-state index contributed by atoms with van der Waals surface area (Å²) >= 11 is 0. The lowest BCUT2D eigenvalue weighted by Crippen LogP contribution is -2.10. The fraction of sp³-hybridized carbons (Fsp3) is 0.308. The van der Waals surface area contributed by atoms with Crippen LogP contribution in [-0.4, -0.2) is 9.55 Å². The number of imidazole rings is 1. The molecule has 1 heterocycles. The summed E-state index contributed by atoms with van der Waals surface area (Å²) in [6.07, 6.45) is 5.72. The van der Waals surface area contributed by atoms with Gasteiger partial charge in [0.1, 0.15) is 0 Å². The molecule has 1 aromatic heterocycles. The molecule has 0 fully saturated rings. The van der Waals surface area contributed by atoms with Crippen LogP contribution >= 0.6 is 0 Å². The Labute approximate surface area is 90.6 Å². The Bertz CT molecular complexity index is 392. The zero-order chi connectivity index (χ0) is 10.7. The molecule has 0 saturated carbocycles. The topological polar surface area (TPSA) is 17.8 Å². The molecule has 0 aliphatic rings. The van der Waals surface area contributed by atoms with E-state index in [4.69, 9.17) is 0 Å². The Morgan fingerprint density at radius 3 is 2.47 bits per heavy atom. The molecule has 0 bridgehead atoms. The highest BCUT2D eigenvalue weighted by Crippen LogP contribution is 2.27. The summed E-state index contributed by atoms with van der Waals surface area (Å²) in [6, 6.07) is 11.0. The number of hydrogen-bond acceptors (Lipinski definition) is 1. The second kappa shape index (κ2) is 4.30. The SMILES string of the molecule is CC(c1ccccc1)C(C)n1ccnc1. The Kier molecular flexibility index (Phi) is 2.86. The van der Waals surface area contributed by atoms with Crippen LogP contribution < -0.4 is 0 Å². The lowest BCUT2D eigenvalue weighted by molar-refractivity contribution is 0.468. The maximum absolute atomic E-state index is 4.08. The van der Waals surface area contributed by atoms with Crippen molar-refractivity contribution in [2.24, 2.45) is 0 Å². The minimum atomic E-state index is 0.440. The highest BCUT2D eigenvalue weighted by Gasteiger charge is 2.14. The fourth-order valence-electron chi connectivity index (χ4n) is 1.80. The third-order valence-electron chi connectivity index (χ3n) is 3.04. The van der Waals surface area contributed by atoms with Gasteiger partial charge in [-0.3, -0.25) is 0 Å². The highest BCUT2D eigenvalue weighted by atomic mass is 15.0. The van der Waals surface area contributed by atoms with Crippen molar-refractivity contribution >= 4 is 0 Å². The third-order valence-corrected chi connectivity index (χ3v) is 3.04. The van der Waals surface area contributed by atoms with E-state index in [1.54, 1.807) is 0 Å². The molecule has 78 valence electrons. The van der Waals surface area contributed by atoms with Crippen molar-refractivity contribution in [2.45, 2.75) is 25.8 Å². The van der Waals surface area contributed by atoms with E-state index in [9.17, 15) is 0 Å². The van der Waals surface area contributed by atoms with E-state index in [0.29, 0.717) is 12.0 Å². The average Bonchev–Trinajstić information content (AvgIpc) is 2.82. The first-order valence-electron chi connectivity index (χ1n) is 5.31. The molecule has 1 aromatic carbocycles. The van der Waals surface area contributed by atoms with E-state index in [-0.39, 0.29) is 0 Å². The number of hydrogen-bond donors (Lipinski definition) is 0. The second-order valence-corrected chi connectivity index (χ2v) is 3.95. The molecule has 0 spiro atoms. The summed E-state index contributed by atoms with van der Waals surface area (Å²) in [5, 5.41) is 0. The molecule has 0 N–H and O–H groups in total. The first kappa shape index (κ1) is 9.97. The number of nitrogens with zero attached hydrogens (tertiary/aromatic N) is 2. The van der Waals surface area contributed by atoms with Crippen molar-refractivity contribution in [1.29, 1.82) is 0 Å². The molecule has 0 saturated heterocycles. The summed E-state index contributed by atoms with van der Waals surface area (Å²) < 4.78 is 2.15. The smallest absolute Gasteiger partial charge is 0.0948 e. The van der Waals surface area contributed by atoms with E-state index in [1.807, 2.05) is 18.7 Å². The van der Waals surface area contributed by atoms with Crippen molar-refractivity contribution in [1.82, 2.24) is 9.55 Å². The predicted octanol–water partition coefficient (Wildman–Crippen LogP) is 3.25. The summed E-state index contributed by atoms with van der Waals surface area (Å²) in [6.45, 7) is 4.47. The number of benzene rings is 1. The molecule has 0 amide bonds. The largest absolute Gasteiger partial charge is 0.334 e. The Balaban J connectivity index is 2.18. The molecule has 2 unspecified atom stereocenters. The first-order valence-corrected chi connectivity index (χ1v) is 5.31. The highest BCUT2D eigenvalue weighted by molar-refractivity contribution is 5.19. The maximum Gasteiger partial charge on any atom is 0.0948 e. The van der Waals surface area contributed by atoms with Crippen molar-refractivity contribution in [3.8, 4) is 0 Å². The van der Waals surface area contributed by atoms with Gasteiger partial charge in [0.2, 0.25) is 0 Å². The third kappa shape index (κ3) is 2.09. The molecule has 0 aliphatic heterocycles. The Hall–Kier alpha value is -1.57. The van der Waals surface area contributed by atoms with Crippen molar-refractivity contribution in [3.63, 3.8) is 0 Å². The summed E-state index contributed by atoms with van der Waals surface area (Å²) in [7, 11) is 0. The van der Waals surface area contributed by atoms with Crippen LogP contribution in [0.25, 0.3) is 0 Å². The van der Waals surface area contributed by atoms with E-state index in [0.717, 1.165) is 0 Å². The fourth-order valence-corrected chi connectivity index (χ4v) is 1.80. The predicted molar refractivity (Wildman–Crippen MR) is 61.8 cm³/mol. The molecule has 15 heavy (non-hydrogen) atoms. The monoisotopic (exact) mass is 200 g/mol. The molecular weight excluding hydrogens is 184 g/mol. The van der Waals surface area contributed by atoms with Crippen LogP contribution in [0.4, 0.5) is 0 Å². The van der Waals surface area contributed by atoms with Crippen LogP contribution in [0, 0.1) is 0 Å². The number of rotatable bonds is 3. The van der Waals surface area contributed by atoms with Crippen molar-refractivity contribution in [3.05, 3.63) is 54.6 Å². The van der Waals surface area contributed by atoms with Gasteiger partial charge >= 0.3 is 0 Å². The van der Waals surface area contributed by atoms with Gasteiger partial charge in [0.05, 0.1) is 6.33 Å². The van der Waals surface area contributed by atoms with Gasteiger partial charge in [-0.25, -0.2) is 4.98 Å². The molecule has 2 heteroatoms. The molecule has 2 aromatic rings. The van der Waals surface area contributed by atoms with E-state index in [2.05, 4.69) is 53.7 Å². The van der Waals surface area contributed by atoms with Crippen LogP contribution in [0.2, 0.25) is 0 Å². The minimum absolute atomic E-state index is 0.440. The summed E-state index contributed by atoms with van der Waals surface area (Å²) in [5.74, 6) is 0.500. The second-order valence-electron chi connectivity index (χ2n) is 3.95. The molecule has 0 aliphatic carbocycles. The molecule has 2 atom stereocenters. The van der Waals surface area contributed by atoms with E-state index < -0.39 is 0 Å². The van der Waals surface area contributed by atoms with Crippen molar-refractivity contribution < 1.29 is 0 Å². The zero-order valence-electron chi connectivity index (χ0n) is 9.17. The Morgan fingerprint density at radius 1 is 1.13 bits per heavy atom. The van der Waals surface area contributed by atoms with Crippen LogP contribution in [-0.2, 0) is 0 Å². The Morgan fingerprint density at radius 2 is 1.87 bits per heavy atom. The zero-order valence-corrected chi connectivity index (χ0v) is 9.17. The molecular formula is C13H16N2. The summed E-state index contributed by atoms with van der Waals surface area (Å²) in [5.41, 5.74) is 1.37. The van der Waals surface area contributed by atoms with Gasteiger partial charge in [0, 0.05) is 24.4 Å². The number of aromatic nitrogens is 2. The first-order chi connectivity index (χ1) is 7.29. The normalized spacial score (nSPS) is 14.8. The quantitative estimate of drug-likeness (QED) is 0.743. The maximum atomic E-state index is 4.08. The molecule has 2 rings (SSSR count). The van der Waals surface area contributed by atoms with Crippen LogP contribution in [0.1, 0.15) is 31.4 Å². The minimum Gasteiger partial charge on any atom is -0.334 e. The van der Waals surface area contributed by atoms with Gasteiger partial charge in [-0.2, -0.15) is 0 Å². The van der Waals surface area contributed by atoms with Gasteiger partial charge in [-0.05, 0) is 12.5 Å². The van der Waals surface area contributed by atoms with Crippen LogP contribution in [0.5, 0.6) is 0 Å². The van der Waals surface area contributed by atoms with Crippen LogP contribution in [0.15, 0.2) is 49.1 Å². The lowest BCUT2D eigenvalue weighted by Gasteiger charge is -2.21. The van der Waals surface area contributed by atoms with E-state index >= 15 is 0 Å². The van der Waals surface area contributed by atoms with Gasteiger partial charge in [0.15, 0.2) is 0 Å². The van der Waals surface area contributed by atoms with Gasteiger partial charge in [0.25, 0.3) is 0 Å². The average molecular weight is 200 g/mol. The van der Waals surface area contributed by atoms with E-state index in [1.165, 1.54) is 5.56 Å². The van der Waals surface area contributed by atoms with Gasteiger partial charge < -0.3 is 4.57 Å². The van der Waals surface area contributed by atoms with Crippen LogP contribution in [0.3, 0.4) is 0 Å². The lowest BCUT2D eigenvalue weighted by atomic mass is 9.94. The van der Waals surface area contributed by atoms with Gasteiger partial charge in [-0.15, -0.1) is 0 Å². The summed E-state index contributed by atoms with van der Waals surface area (Å²) in [4.78, 5) is 4.08.